The number of hydrogen-bond donors (Lipinski definition) is 1. The zero-order chi connectivity index (χ0) is 14.6. The van der Waals surface area contributed by atoms with Crippen molar-refractivity contribution in [1.82, 2.24) is 9.97 Å². The summed E-state index contributed by atoms with van der Waals surface area (Å²) in [6.07, 6.45) is 2.20. The molecule has 0 aliphatic heterocycles. The van der Waals surface area contributed by atoms with E-state index in [1.165, 1.54) is 6.20 Å². The van der Waals surface area contributed by atoms with Gasteiger partial charge in [0.2, 0.25) is 0 Å². The summed E-state index contributed by atoms with van der Waals surface area (Å²) in [4.78, 5) is 7.70. The Morgan fingerprint density at radius 3 is 2.50 bits per heavy atom. The van der Waals surface area contributed by atoms with Crippen LogP contribution in [0.1, 0.15) is 29.2 Å². The van der Waals surface area contributed by atoms with Crippen LogP contribution >= 0.6 is 0 Å². The third-order valence-corrected chi connectivity index (χ3v) is 3.02. The monoisotopic (exact) mass is 281 g/mol. The van der Waals surface area contributed by atoms with Gasteiger partial charge in [-0.3, -0.25) is 9.97 Å². The second-order valence-electron chi connectivity index (χ2n) is 4.47. The Hall–Kier alpha value is -1.95. The molecular weight excluding hydrogens is 267 g/mol. The van der Waals surface area contributed by atoms with Crippen LogP contribution in [0, 0.1) is 0 Å². The van der Waals surface area contributed by atoms with Gasteiger partial charge in [0.25, 0.3) is 0 Å². The third-order valence-electron chi connectivity index (χ3n) is 3.02. The van der Waals surface area contributed by atoms with E-state index in [-0.39, 0.29) is 5.56 Å². The van der Waals surface area contributed by atoms with Gasteiger partial charge in [-0.05, 0) is 36.1 Å². The Morgan fingerprint density at radius 1 is 1.10 bits per heavy atom. The van der Waals surface area contributed by atoms with Crippen LogP contribution in [-0.4, -0.2) is 9.97 Å². The highest BCUT2D eigenvalue weighted by Gasteiger charge is 2.34. The van der Waals surface area contributed by atoms with E-state index >= 15 is 0 Å². The minimum Gasteiger partial charge on any atom is -0.324 e. The standard InChI is InChI=1S/C14H14F3N3/c15-14(16,17)12-5-7-20-9-11(12)13(18)4-3-10-2-1-6-19-8-10/h1-2,5-9,13H,3-4,18H2. The summed E-state index contributed by atoms with van der Waals surface area (Å²) in [7, 11) is 0. The van der Waals surface area contributed by atoms with Gasteiger partial charge in [-0.2, -0.15) is 13.2 Å². The van der Waals surface area contributed by atoms with Gasteiger partial charge in [-0.25, -0.2) is 0 Å². The number of alkyl halides is 3. The van der Waals surface area contributed by atoms with Crippen molar-refractivity contribution >= 4 is 0 Å². The molecule has 0 fully saturated rings. The van der Waals surface area contributed by atoms with Crippen LogP contribution in [0.2, 0.25) is 0 Å². The Bertz CT molecular complexity index is 555. The zero-order valence-corrected chi connectivity index (χ0v) is 10.6. The molecule has 3 nitrogen and oxygen atoms in total. The smallest absolute Gasteiger partial charge is 0.324 e. The lowest BCUT2D eigenvalue weighted by molar-refractivity contribution is -0.138. The lowest BCUT2D eigenvalue weighted by atomic mass is 9.97. The van der Waals surface area contributed by atoms with Crippen molar-refractivity contribution in [3.05, 3.63) is 59.7 Å². The number of halogens is 3. The van der Waals surface area contributed by atoms with E-state index in [0.717, 1.165) is 17.8 Å². The summed E-state index contributed by atoms with van der Waals surface area (Å²) in [5.41, 5.74) is 6.14. The Kier molecular flexibility index (Phi) is 4.34. The Morgan fingerprint density at radius 2 is 1.85 bits per heavy atom. The summed E-state index contributed by atoms with van der Waals surface area (Å²) < 4.78 is 38.6. The van der Waals surface area contributed by atoms with Gasteiger partial charge < -0.3 is 5.73 Å². The van der Waals surface area contributed by atoms with Gasteiger partial charge in [0.05, 0.1) is 5.56 Å². The predicted molar refractivity (Wildman–Crippen MR) is 68.7 cm³/mol. The molecule has 2 heterocycles. The maximum atomic E-state index is 12.9. The van der Waals surface area contributed by atoms with E-state index in [1.54, 1.807) is 18.5 Å². The average Bonchev–Trinajstić information content (AvgIpc) is 2.45. The summed E-state index contributed by atoms with van der Waals surface area (Å²) in [5, 5.41) is 0. The Balaban J connectivity index is 2.12. The van der Waals surface area contributed by atoms with Crippen molar-refractivity contribution in [2.24, 2.45) is 5.73 Å². The van der Waals surface area contributed by atoms with Gasteiger partial charge >= 0.3 is 6.18 Å². The highest BCUT2D eigenvalue weighted by atomic mass is 19.4. The maximum Gasteiger partial charge on any atom is 0.416 e. The summed E-state index contributed by atoms with van der Waals surface area (Å²) >= 11 is 0. The first-order chi connectivity index (χ1) is 9.48. The van der Waals surface area contributed by atoms with Gasteiger partial charge in [0.1, 0.15) is 0 Å². The molecule has 0 saturated carbocycles. The van der Waals surface area contributed by atoms with E-state index in [2.05, 4.69) is 9.97 Å². The lowest BCUT2D eigenvalue weighted by Gasteiger charge is -2.17. The highest BCUT2D eigenvalue weighted by molar-refractivity contribution is 5.29. The van der Waals surface area contributed by atoms with E-state index in [4.69, 9.17) is 5.73 Å². The molecule has 0 amide bonds. The molecular formula is C14H14F3N3. The van der Waals surface area contributed by atoms with E-state index in [9.17, 15) is 13.2 Å². The topological polar surface area (TPSA) is 51.8 Å². The summed E-state index contributed by atoms with van der Waals surface area (Å²) in [6, 6.07) is 3.90. The summed E-state index contributed by atoms with van der Waals surface area (Å²) in [6.45, 7) is 0. The molecule has 1 unspecified atom stereocenters. The fourth-order valence-electron chi connectivity index (χ4n) is 1.98. The maximum absolute atomic E-state index is 12.9. The second kappa shape index (κ2) is 6.00. The number of aromatic nitrogens is 2. The first kappa shape index (κ1) is 14.5. The van der Waals surface area contributed by atoms with Gasteiger partial charge in [-0.15, -0.1) is 0 Å². The molecule has 0 aliphatic rings. The molecule has 0 spiro atoms. The Labute approximate surface area is 114 Å². The van der Waals surface area contributed by atoms with Crippen molar-refractivity contribution in [3.63, 3.8) is 0 Å². The molecule has 0 saturated heterocycles. The van der Waals surface area contributed by atoms with Crippen molar-refractivity contribution in [1.29, 1.82) is 0 Å². The van der Waals surface area contributed by atoms with Crippen LogP contribution in [0.3, 0.4) is 0 Å². The SMILES string of the molecule is NC(CCc1cccnc1)c1cnccc1C(F)(F)F. The van der Waals surface area contributed by atoms with Crippen LogP contribution < -0.4 is 5.73 Å². The minimum atomic E-state index is -4.41. The van der Waals surface area contributed by atoms with E-state index in [1.807, 2.05) is 6.07 Å². The number of aryl methyl sites for hydroxylation is 1. The number of hydrogen-bond acceptors (Lipinski definition) is 3. The number of rotatable bonds is 4. The van der Waals surface area contributed by atoms with Crippen molar-refractivity contribution in [3.8, 4) is 0 Å². The fourth-order valence-corrected chi connectivity index (χ4v) is 1.98. The molecule has 0 aliphatic carbocycles. The molecule has 106 valence electrons. The van der Waals surface area contributed by atoms with Crippen molar-refractivity contribution in [2.45, 2.75) is 25.1 Å². The molecule has 0 aromatic carbocycles. The van der Waals surface area contributed by atoms with Crippen LogP contribution in [-0.2, 0) is 12.6 Å². The molecule has 2 rings (SSSR count). The quantitative estimate of drug-likeness (QED) is 0.936. The van der Waals surface area contributed by atoms with Crippen LogP contribution in [0.15, 0.2) is 43.0 Å². The molecule has 0 radical (unpaired) electrons. The lowest BCUT2D eigenvalue weighted by Crippen LogP contribution is -2.18. The normalized spacial score (nSPS) is 13.2. The van der Waals surface area contributed by atoms with Crippen LogP contribution in [0.5, 0.6) is 0 Å². The van der Waals surface area contributed by atoms with Gasteiger partial charge in [0.15, 0.2) is 0 Å². The molecule has 2 N–H and O–H groups in total. The third kappa shape index (κ3) is 3.54. The van der Waals surface area contributed by atoms with Crippen LogP contribution in [0.25, 0.3) is 0 Å². The number of pyridine rings is 2. The number of nitrogens with two attached hydrogens (primary N) is 1. The van der Waals surface area contributed by atoms with Crippen molar-refractivity contribution in [2.75, 3.05) is 0 Å². The minimum absolute atomic E-state index is 0.0314. The molecule has 0 bridgehead atoms. The molecule has 6 heteroatoms. The van der Waals surface area contributed by atoms with Crippen molar-refractivity contribution < 1.29 is 13.2 Å². The summed E-state index contributed by atoms with van der Waals surface area (Å²) in [5.74, 6) is 0. The average molecular weight is 281 g/mol. The largest absolute Gasteiger partial charge is 0.416 e. The van der Waals surface area contributed by atoms with Gasteiger partial charge in [-0.1, -0.05) is 6.07 Å². The number of nitrogens with zero attached hydrogens (tertiary/aromatic N) is 2. The molecule has 20 heavy (non-hydrogen) atoms. The fraction of sp³-hybridized carbons (Fsp3) is 0.286. The first-order valence-electron chi connectivity index (χ1n) is 6.14. The van der Waals surface area contributed by atoms with Crippen LogP contribution in [0.4, 0.5) is 13.2 Å². The van der Waals surface area contributed by atoms with E-state index in [0.29, 0.717) is 12.8 Å². The first-order valence-corrected chi connectivity index (χ1v) is 6.14. The van der Waals surface area contributed by atoms with Gasteiger partial charge in [0, 0.05) is 30.8 Å². The highest BCUT2D eigenvalue weighted by Crippen LogP contribution is 2.34. The molecule has 1 atom stereocenters. The second-order valence-corrected chi connectivity index (χ2v) is 4.47. The zero-order valence-electron chi connectivity index (χ0n) is 10.6. The molecule has 2 aromatic rings. The molecule has 2 aromatic heterocycles. The predicted octanol–water partition coefficient (Wildman–Crippen LogP) is 3.13. The van der Waals surface area contributed by atoms with E-state index < -0.39 is 17.8 Å².